The second-order valence-corrected chi connectivity index (χ2v) is 4.94. The molecule has 0 atom stereocenters. The van der Waals surface area contributed by atoms with E-state index in [2.05, 4.69) is 43.6 Å². The van der Waals surface area contributed by atoms with Crippen LogP contribution in [0.15, 0.2) is 17.5 Å². The Morgan fingerprint density at radius 3 is 2.87 bits per heavy atom. The summed E-state index contributed by atoms with van der Waals surface area (Å²) in [6.07, 6.45) is 4.67. The van der Waals surface area contributed by atoms with Crippen LogP contribution < -0.4 is 5.32 Å². The molecule has 0 aromatic carbocycles. The average molecular weight is 223 g/mol. The van der Waals surface area contributed by atoms with Crippen molar-refractivity contribution in [1.29, 1.82) is 0 Å². The van der Waals surface area contributed by atoms with E-state index in [1.165, 1.54) is 22.4 Å². The van der Waals surface area contributed by atoms with Gasteiger partial charge in [-0.25, -0.2) is 0 Å². The maximum Gasteiger partial charge on any atom is 0.00891 e. The first-order chi connectivity index (χ1) is 7.25. The third-order valence-electron chi connectivity index (χ3n) is 2.48. The van der Waals surface area contributed by atoms with Crippen LogP contribution >= 0.6 is 11.3 Å². The lowest BCUT2D eigenvalue weighted by Crippen LogP contribution is -2.15. The molecule has 1 aromatic rings. The molecule has 0 aliphatic carbocycles. The van der Waals surface area contributed by atoms with Crippen molar-refractivity contribution < 1.29 is 0 Å². The van der Waals surface area contributed by atoms with Gasteiger partial charge in [0.1, 0.15) is 0 Å². The van der Waals surface area contributed by atoms with E-state index in [9.17, 15) is 0 Å². The highest BCUT2D eigenvalue weighted by Crippen LogP contribution is 2.23. The summed E-state index contributed by atoms with van der Waals surface area (Å²) in [6.45, 7) is 8.81. The second kappa shape index (κ2) is 6.81. The van der Waals surface area contributed by atoms with Crippen molar-refractivity contribution >= 4 is 16.9 Å². The van der Waals surface area contributed by atoms with Crippen molar-refractivity contribution in [1.82, 2.24) is 5.32 Å². The van der Waals surface area contributed by atoms with E-state index in [1.807, 2.05) is 11.3 Å². The fraction of sp³-hybridized carbons (Fsp3) is 0.538. The molecule has 1 rings (SSSR count). The molecule has 0 radical (unpaired) electrons. The first-order valence-corrected chi connectivity index (χ1v) is 6.55. The molecule has 0 amide bonds. The third-order valence-corrected chi connectivity index (χ3v) is 3.33. The number of thiophene rings is 1. The predicted octanol–water partition coefficient (Wildman–Crippen LogP) is 3.85. The summed E-state index contributed by atoms with van der Waals surface area (Å²) in [6, 6.07) is 2.21. The maximum absolute atomic E-state index is 3.41. The van der Waals surface area contributed by atoms with E-state index in [1.54, 1.807) is 0 Å². The molecule has 84 valence electrons. The van der Waals surface area contributed by atoms with Crippen LogP contribution in [0, 0.1) is 6.92 Å². The molecule has 0 saturated heterocycles. The highest BCUT2D eigenvalue weighted by molar-refractivity contribution is 7.10. The van der Waals surface area contributed by atoms with Crippen LogP contribution in [0.25, 0.3) is 5.57 Å². The van der Waals surface area contributed by atoms with E-state index >= 15 is 0 Å². The Kier molecular flexibility index (Phi) is 5.66. The molecule has 0 spiro atoms. The minimum absolute atomic E-state index is 1.09. The van der Waals surface area contributed by atoms with Crippen molar-refractivity contribution in [3.8, 4) is 0 Å². The molecule has 0 aliphatic rings. The summed E-state index contributed by atoms with van der Waals surface area (Å²) >= 11 is 1.82. The monoisotopic (exact) mass is 223 g/mol. The Morgan fingerprint density at radius 1 is 1.47 bits per heavy atom. The second-order valence-electron chi connectivity index (χ2n) is 3.82. The first kappa shape index (κ1) is 12.5. The highest BCUT2D eigenvalue weighted by atomic mass is 32.1. The zero-order valence-corrected chi connectivity index (χ0v) is 10.8. The molecule has 1 heterocycles. The molecule has 15 heavy (non-hydrogen) atoms. The normalized spacial score (nSPS) is 12.1. The molecular weight excluding hydrogens is 202 g/mol. The van der Waals surface area contributed by atoms with Gasteiger partial charge in [-0.05, 0) is 62.4 Å². The van der Waals surface area contributed by atoms with Gasteiger partial charge in [0.05, 0.1) is 0 Å². The Morgan fingerprint density at radius 2 is 2.27 bits per heavy atom. The summed E-state index contributed by atoms with van der Waals surface area (Å²) < 4.78 is 0. The quantitative estimate of drug-likeness (QED) is 0.722. The van der Waals surface area contributed by atoms with Crippen molar-refractivity contribution in [2.75, 3.05) is 13.1 Å². The van der Waals surface area contributed by atoms with Crippen LogP contribution in [-0.2, 0) is 0 Å². The van der Waals surface area contributed by atoms with Crippen LogP contribution in [0.1, 0.15) is 37.1 Å². The third kappa shape index (κ3) is 4.18. The van der Waals surface area contributed by atoms with Gasteiger partial charge >= 0.3 is 0 Å². The molecule has 0 fully saturated rings. The minimum atomic E-state index is 1.09. The fourth-order valence-corrected chi connectivity index (χ4v) is 2.36. The van der Waals surface area contributed by atoms with Gasteiger partial charge in [-0.15, -0.1) is 11.3 Å². The number of allylic oxidation sites excluding steroid dienone is 1. The summed E-state index contributed by atoms with van der Waals surface area (Å²) in [7, 11) is 0. The SMILES string of the molecule is CCCNCC/C=C(/C)c1ccsc1C. The van der Waals surface area contributed by atoms with Crippen LogP contribution in [0.3, 0.4) is 0 Å². The lowest BCUT2D eigenvalue weighted by Gasteiger charge is -2.02. The van der Waals surface area contributed by atoms with Crippen molar-refractivity contribution in [2.45, 2.75) is 33.6 Å². The van der Waals surface area contributed by atoms with Gasteiger partial charge in [0, 0.05) is 4.88 Å². The standard InChI is InChI=1S/C13H21NS/c1-4-8-14-9-5-6-11(2)13-7-10-15-12(13)3/h6-7,10,14H,4-5,8-9H2,1-3H3/b11-6-. The Bertz CT molecular complexity index is 312. The summed E-state index contributed by atoms with van der Waals surface area (Å²) in [5.74, 6) is 0. The smallest absolute Gasteiger partial charge is 0.00891 e. The summed E-state index contributed by atoms with van der Waals surface area (Å²) in [5, 5.41) is 5.57. The van der Waals surface area contributed by atoms with Crippen LogP contribution in [-0.4, -0.2) is 13.1 Å². The lowest BCUT2D eigenvalue weighted by molar-refractivity contribution is 0.678. The number of aryl methyl sites for hydroxylation is 1. The Balaban J connectivity index is 2.37. The zero-order valence-electron chi connectivity index (χ0n) is 9.97. The van der Waals surface area contributed by atoms with Crippen molar-refractivity contribution in [2.24, 2.45) is 0 Å². The van der Waals surface area contributed by atoms with E-state index < -0.39 is 0 Å². The number of hydrogen-bond donors (Lipinski definition) is 1. The van der Waals surface area contributed by atoms with E-state index in [4.69, 9.17) is 0 Å². The average Bonchev–Trinajstić information content (AvgIpc) is 2.64. The maximum atomic E-state index is 3.41. The van der Waals surface area contributed by atoms with Gasteiger partial charge in [0.15, 0.2) is 0 Å². The topological polar surface area (TPSA) is 12.0 Å². The molecule has 0 unspecified atom stereocenters. The van der Waals surface area contributed by atoms with Crippen molar-refractivity contribution in [3.63, 3.8) is 0 Å². The molecule has 0 aliphatic heterocycles. The van der Waals surface area contributed by atoms with E-state index in [0.29, 0.717) is 0 Å². The Labute approximate surface area is 97.2 Å². The van der Waals surface area contributed by atoms with Gasteiger partial charge in [-0.3, -0.25) is 0 Å². The zero-order chi connectivity index (χ0) is 11.1. The highest BCUT2D eigenvalue weighted by Gasteiger charge is 2.00. The van der Waals surface area contributed by atoms with E-state index in [0.717, 1.165) is 19.5 Å². The number of rotatable bonds is 6. The molecule has 0 saturated carbocycles. The molecule has 0 bridgehead atoms. The van der Waals surface area contributed by atoms with Gasteiger partial charge in [0.25, 0.3) is 0 Å². The van der Waals surface area contributed by atoms with Crippen molar-refractivity contribution in [3.05, 3.63) is 28.0 Å². The van der Waals surface area contributed by atoms with Crippen LogP contribution in [0.2, 0.25) is 0 Å². The van der Waals surface area contributed by atoms with Crippen LogP contribution in [0.5, 0.6) is 0 Å². The van der Waals surface area contributed by atoms with Gasteiger partial charge in [-0.2, -0.15) is 0 Å². The fourth-order valence-electron chi connectivity index (χ4n) is 1.60. The van der Waals surface area contributed by atoms with Gasteiger partial charge in [-0.1, -0.05) is 13.0 Å². The predicted molar refractivity (Wildman–Crippen MR) is 70.5 cm³/mol. The molecular formula is C13H21NS. The van der Waals surface area contributed by atoms with E-state index in [-0.39, 0.29) is 0 Å². The lowest BCUT2D eigenvalue weighted by atomic mass is 10.1. The molecule has 1 nitrogen and oxygen atoms in total. The first-order valence-electron chi connectivity index (χ1n) is 5.67. The molecule has 1 aromatic heterocycles. The van der Waals surface area contributed by atoms with Gasteiger partial charge in [0.2, 0.25) is 0 Å². The Hall–Kier alpha value is -0.600. The summed E-state index contributed by atoms with van der Waals surface area (Å²) in [5.41, 5.74) is 2.82. The number of nitrogens with one attached hydrogen (secondary N) is 1. The van der Waals surface area contributed by atoms with Gasteiger partial charge < -0.3 is 5.32 Å². The molecule has 1 N–H and O–H groups in total. The summed E-state index contributed by atoms with van der Waals surface area (Å²) in [4.78, 5) is 1.42. The largest absolute Gasteiger partial charge is 0.316 e. The number of hydrogen-bond acceptors (Lipinski definition) is 2. The molecule has 2 heteroatoms. The minimum Gasteiger partial charge on any atom is -0.316 e. The van der Waals surface area contributed by atoms with Crippen LogP contribution in [0.4, 0.5) is 0 Å².